The second-order valence-corrected chi connectivity index (χ2v) is 5.17. The van der Waals surface area contributed by atoms with Gasteiger partial charge in [0, 0.05) is 18.9 Å². The lowest BCUT2D eigenvalue weighted by molar-refractivity contribution is 0.371. The highest BCUT2D eigenvalue weighted by molar-refractivity contribution is 5.22. The summed E-state index contributed by atoms with van der Waals surface area (Å²) in [6.07, 6.45) is 3.61. The third-order valence-corrected chi connectivity index (χ3v) is 3.55. The van der Waals surface area contributed by atoms with E-state index in [0.717, 1.165) is 37.4 Å². The third kappa shape index (κ3) is 4.17. The third-order valence-electron chi connectivity index (χ3n) is 3.55. The summed E-state index contributed by atoms with van der Waals surface area (Å²) in [5.74, 6) is 1.51. The molecule has 20 heavy (non-hydrogen) atoms. The predicted octanol–water partition coefficient (Wildman–Crippen LogP) is 2.57. The van der Waals surface area contributed by atoms with Gasteiger partial charge in [-0.3, -0.25) is 0 Å². The number of rotatable bonds is 7. The molecule has 4 nitrogen and oxygen atoms in total. The van der Waals surface area contributed by atoms with Crippen LogP contribution in [0.5, 0.6) is 0 Å². The van der Waals surface area contributed by atoms with Gasteiger partial charge in [0.2, 0.25) is 5.89 Å². The molecule has 1 N–H and O–H groups in total. The number of hydrogen-bond donors (Lipinski definition) is 1. The van der Waals surface area contributed by atoms with Crippen LogP contribution in [-0.4, -0.2) is 23.2 Å². The van der Waals surface area contributed by atoms with Crippen molar-refractivity contribution in [1.82, 2.24) is 15.5 Å². The Morgan fingerprint density at radius 3 is 2.50 bits per heavy atom. The van der Waals surface area contributed by atoms with Gasteiger partial charge in [0.25, 0.3) is 0 Å². The van der Waals surface area contributed by atoms with Crippen molar-refractivity contribution in [3.05, 3.63) is 47.1 Å². The van der Waals surface area contributed by atoms with E-state index >= 15 is 0 Å². The lowest BCUT2D eigenvalue weighted by Gasteiger charge is -2.04. The summed E-state index contributed by atoms with van der Waals surface area (Å²) in [6.45, 7) is 4.27. The number of hydrogen-bond acceptors (Lipinski definition) is 4. The monoisotopic (exact) mass is 273 g/mol. The number of nitrogens with zero attached hydrogens (tertiary/aromatic N) is 2. The average molecular weight is 273 g/mol. The largest absolute Gasteiger partial charge is 0.339 e. The van der Waals surface area contributed by atoms with Crippen LogP contribution >= 0.6 is 0 Å². The van der Waals surface area contributed by atoms with E-state index in [1.165, 1.54) is 11.1 Å². The van der Waals surface area contributed by atoms with E-state index in [4.69, 9.17) is 4.52 Å². The molecule has 1 aromatic heterocycles. The molecule has 4 heteroatoms. The summed E-state index contributed by atoms with van der Waals surface area (Å²) >= 11 is 0. The molecular weight excluding hydrogens is 250 g/mol. The molecule has 0 radical (unpaired) electrons. The highest BCUT2D eigenvalue weighted by atomic mass is 16.5. The summed E-state index contributed by atoms with van der Waals surface area (Å²) in [6, 6.07) is 9.09. The van der Waals surface area contributed by atoms with Crippen molar-refractivity contribution in [2.75, 3.05) is 7.05 Å². The van der Waals surface area contributed by atoms with Crippen molar-refractivity contribution in [3.8, 4) is 0 Å². The zero-order valence-electron chi connectivity index (χ0n) is 12.5. The van der Waals surface area contributed by atoms with Gasteiger partial charge in [-0.15, -0.1) is 0 Å². The van der Waals surface area contributed by atoms with Gasteiger partial charge in [-0.25, -0.2) is 0 Å². The molecule has 0 spiro atoms. The number of benzene rings is 1. The molecule has 2 rings (SSSR count). The molecule has 0 amide bonds. The summed E-state index contributed by atoms with van der Waals surface area (Å²) in [5, 5.41) is 7.19. The lowest BCUT2D eigenvalue weighted by Crippen LogP contribution is -2.24. The maximum Gasteiger partial charge on any atom is 0.226 e. The summed E-state index contributed by atoms with van der Waals surface area (Å²) in [5.41, 5.74) is 2.68. The Labute approximate surface area is 120 Å². The standard InChI is InChI=1S/C16H23N3O/c1-4-13-5-7-14(8-6-13)9-10-16-18-15(19-20-16)11-12(2)17-3/h5-8,12,17H,4,9-11H2,1-3H3. The van der Waals surface area contributed by atoms with E-state index in [-0.39, 0.29) is 0 Å². The minimum atomic E-state index is 0.363. The van der Waals surface area contributed by atoms with Gasteiger partial charge >= 0.3 is 0 Å². The molecule has 108 valence electrons. The van der Waals surface area contributed by atoms with Gasteiger partial charge < -0.3 is 9.84 Å². The molecule has 2 aromatic rings. The number of aryl methyl sites for hydroxylation is 3. The van der Waals surface area contributed by atoms with Gasteiger partial charge in [-0.05, 0) is 37.9 Å². The number of aromatic nitrogens is 2. The summed E-state index contributed by atoms with van der Waals surface area (Å²) < 4.78 is 5.29. The smallest absolute Gasteiger partial charge is 0.226 e. The van der Waals surface area contributed by atoms with Crippen LogP contribution in [0.2, 0.25) is 0 Å². The molecule has 0 aliphatic heterocycles. The van der Waals surface area contributed by atoms with E-state index in [1.54, 1.807) is 0 Å². The van der Waals surface area contributed by atoms with Gasteiger partial charge in [0.15, 0.2) is 5.82 Å². The van der Waals surface area contributed by atoms with E-state index in [2.05, 4.69) is 53.6 Å². The maximum absolute atomic E-state index is 5.29. The van der Waals surface area contributed by atoms with E-state index < -0.39 is 0 Å². The molecule has 0 fully saturated rings. The van der Waals surface area contributed by atoms with Crippen LogP contribution in [0.25, 0.3) is 0 Å². The Bertz CT molecular complexity index is 519. The van der Waals surface area contributed by atoms with Crippen LogP contribution < -0.4 is 5.32 Å². The highest BCUT2D eigenvalue weighted by Crippen LogP contribution is 2.09. The van der Waals surface area contributed by atoms with Crippen LogP contribution in [-0.2, 0) is 25.7 Å². The summed E-state index contributed by atoms with van der Waals surface area (Å²) in [4.78, 5) is 4.43. The van der Waals surface area contributed by atoms with Crippen LogP contribution in [0.4, 0.5) is 0 Å². The molecule has 1 heterocycles. The van der Waals surface area contributed by atoms with Crippen LogP contribution in [0.3, 0.4) is 0 Å². The van der Waals surface area contributed by atoms with Gasteiger partial charge in [-0.1, -0.05) is 36.3 Å². The molecule has 0 saturated carbocycles. The Morgan fingerprint density at radius 1 is 1.15 bits per heavy atom. The van der Waals surface area contributed by atoms with E-state index in [9.17, 15) is 0 Å². The molecule has 0 bridgehead atoms. The first-order chi connectivity index (χ1) is 9.71. The second-order valence-electron chi connectivity index (χ2n) is 5.17. The Kier molecular flexibility index (Phi) is 5.30. The SMILES string of the molecule is CCc1ccc(CCc2nc(CC(C)NC)no2)cc1. The first-order valence-electron chi connectivity index (χ1n) is 7.27. The van der Waals surface area contributed by atoms with E-state index in [0.29, 0.717) is 6.04 Å². The molecule has 0 aliphatic rings. The average Bonchev–Trinajstić information content (AvgIpc) is 2.93. The fourth-order valence-electron chi connectivity index (χ4n) is 2.04. The molecular formula is C16H23N3O. The van der Waals surface area contributed by atoms with Gasteiger partial charge in [0.05, 0.1) is 0 Å². The maximum atomic E-state index is 5.29. The predicted molar refractivity (Wildman–Crippen MR) is 79.8 cm³/mol. The fourth-order valence-corrected chi connectivity index (χ4v) is 2.04. The number of likely N-dealkylation sites (N-methyl/N-ethyl adjacent to an activating group) is 1. The van der Waals surface area contributed by atoms with Gasteiger partial charge in [0.1, 0.15) is 0 Å². The minimum Gasteiger partial charge on any atom is -0.339 e. The molecule has 0 aliphatic carbocycles. The first kappa shape index (κ1) is 14.7. The van der Waals surface area contributed by atoms with Gasteiger partial charge in [-0.2, -0.15) is 4.98 Å². The normalized spacial score (nSPS) is 12.6. The molecule has 0 saturated heterocycles. The van der Waals surface area contributed by atoms with Crippen molar-refractivity contribution >= 4 is 0 Å². The quantitative estimate of drug-likeness (QED) is 0.842. The van der Waals surface area contributed by atoms with Crippen molar-refractivity contribution in [1.29, 1.82) is 0 Å². The van der Waals surface area contributed by atoms with Crippen LogP contribution in [0.1, 0.15) is 36.7 Å². The van der Waals surface area contributed by atoms with E-state index in [1.807, 2.05) is 7.05 Å². The topological polar surface area (TPSA) is 51.0 Å². The lowest BCUT2D eigenvalue weighted by atomic mass is 10.1. The Morgan fingerprint density at radius 2 is 1.85 bits per heavy atom. The minimum absolute atomic E-state index is 0.363. The zero-order chi connectivity index (χ0) is 14.4. The van der Waals surface area contributed by atoms with Crippen molar-refractivity contribution in [3.63, 3.8) is 0 Å². The van der Waals surface area contributed by atoms with Crippen LogP contribution in [0.15, 0.2) is 28.8 Å². The number of nitrogens with one attached hydrogen (secondary N) is 1. The fraction of sp³-hybridized carbons (Fsp3) is 0.500. The zero-order valence-corrected chi connectivity index (χ0v) is 12.5. The molecule has 1 aromatic carbocycles. The molecule has 1 unspecified atom stereocenters. The first-order valence-corrected chi connectivity index (χ1v) is 7.27. The molecule has 1 atom stereocenters. The van der Waals surface area contributed by atoms with Crippen molar-refractivity contribution < 1.29 is 4.52 Å². The Hall–Kier alpha value is -1.68. The summed E-state index contributed by atoms with van der Waals surface area (Å²) in [7, 11) is 1.94. The Balaban J connectivity index is 1.87. The van der Waals surface area contributed by atoms with Crippen molar-refractivity contribution in [2.45, 2.75) is 45.6 Å². The van der Waals surface area contributed by atoms with Crippen molar-refractivity contribution in [2.24, 2.45) is 0 Å². The highest BCUT2D eigenvalue weighted by Gasteiger charge is 2.09. The second kappa shape index (κ2) is 7.20. The van der Waals surface area contributed by atoms with Crippen LogP contribution in [0, 0.1) is 0 Å².